The quantitative estimate of drug-likeness (QED) is 0.698. The van der Waals surface area contributed by atoms with Crippen molar-refractivity contribution in [2.45, 2.75) is 31.1 Å². The van der Waals surface area contributed by atoms with Crippen LogP contribution >= 0.6 is 11.6 Å². The van der Waals surface area contributed by atoms with Gasteiger partial charge in [0.05, 0.1) is 0 Å². The van der Waals surface area contributed by atoms with Crippen molar-refractivity contribution in [3.63, 3.8) is 0 Å². The van der Waals surface area contributed by atoms with E-state index < -0.39 is 0 Å². The third-order valence-corrected chi connectivity index (χ3v) is 4.71. The Morgan fingerprint density at radius 3 is 2.62 bits per heavy atom. The van der Waals surface area contributed by atoms with E-state index in [1.54, 1.807) is 6.07 Å². The van der Waals surface area contributed by atoms with E-state index in [0.717, 1.165) is 17.4 Å². The Hall–Kier alpha value is -0.560. The first-order valence-electron chi connectivity index (χ1n) is 6.15. The molecule has 0 radical (unpaired) electrons. The van der Waals surface area contributed by atoms with Gasteiger partial charge in [0.2, 0.25) is 0 Å². The van der Waals surface area contributed by atoms with Gasteiger partial charge in [-0.1, -0.05) is 24.6 Å². The van der Waals surface area contributed by atoms with Crippen molar-refractivity contribution < 1.29 is 4.39 Å². The van der Waals surface area contributed by atoms with Crippen molar-refractivity contribution in [3.05, 3.63) is 35.6 Å². The Kier molecular flexibility index (Phi) is 2.67. The summed E-state index contributed by atoms with van der Waals surface area (Å²) in [7, 11) is 0. The van der Waals surface area contributed by atoms with E-state index in [1.807, 2.05) is 12.1 Å². The number of alkyl halides is 1. The lowest BCUT2D eigenvalue weighted by Gasteiger charge is -2.11. The van der Waals surface area contributed by atoms with Crippen LogP contribution in [0.5, 0.6) is 0 Å². The SMILES string of the molecule is Fc1ccccc1CC(Cl)C1C2CCCC21. The van der Waals surface area contributed by atoms with E-state index in [1.165, 1.54) is 25.3 Å². The first-order valence-corrected chi connectivity index (χ1v) is 6.58. The van der Waals surface area contributed by atoms with Gasteiger partial charge in [0.1, 0.15) is 5.82 Å². The number of rotatable bonds is 3. The summed E-state index contributed by atoms with van der Waals surface area (Å²) in [5.41, 5.74) is 0.771. The van der Waals surface area contributed by atoms with E-state index in [4.69, 9.17) is 11.6 Å². The number of hydrogen-bond donors (Lipinski definition) is 0. The Balaban J connectivity index is 1.65. The monoisotopic (exact) mass is 238 g/mol. The molecule has 0 bridgehead atoms. The Bertz CT molecular complexity index is 380. The highest BCUT2D eigenvalue weighted by molar-refractivity contribution is 6.21. The largest absolute Gasteiger partial charge is 0.207 e. The van der Waals surface area contributed by atoms with Gasteiger partial charge < -0.3 is 0 Å². The van der Waals surface area contributed by atoms with E-state index >= 15 is 0 Å². The van der Waals surface area contributed by atoms with Crippen molar-refractivity contribution in [2.24, 2.45) is 17.8 Å². The lowest BCUT2D eigenvalue weighted by Crippen LogP contribution is -2.11. The molecule has 2 fully saturated rings. The van der Waals surface area contributed by atoms with Crippen LogP contribution in [0.2, 0.25) is 0 Å². The van der Waals surface area contributed by atoms with E-state index in [-0.39, 0.29) is 11.2 Å². The van der Waals surface area contributed by atoms with Gasteiger partial charge in [0, 0.05) is 5.38 Å². The van der Waals surface area contributed by atoms with Gasteiger partial charge in [-0.05, 0) is 48.6 Å². The first kappa shape index (κ1) is 10.6. The topological polar surface area (TPSA) is 0 Å². The van der Waals surface area contributed by atoms with Crippen LogP contribution in [0.15, 0.2) is 24.3 Å². The lowest BCUT2D eigenvalue weighted by atomic mass is 10.0. The zero-order valence-electron chi connectivity index (χ0n) is 9.20. The minimum atomic E-state index is -0.112. The van der Waals surface area contributed by atoms with Crippen LogP contribution in [-0.2, 0) is 6.42 Å². The third-order valence-electron chi connectivity index (χ3n) is 4.26. The number of hydrogen-bond acceptors (Lipinski definition) is 0. The summed E-state index contributed by atoms with van der Waals surface area (Å²) in [6.07, 6.45) is 4.74. The second kappa shape index (κ2) is 4.03. The van der Waals surface area contributed by atoms with Crippen LogP contribution < -0.4 is 0 Å². The number of halogens is 2. The molecule has 0 spiro atoms. The van der Waals surface area contributed by atoms with Crippen molar-refractivity contribution in [1.82, 2.24) is 0 Å². The fourth-order valence-electron chi connectivity index (χ4n) is 3.42. The Morgan fingerprint density at radius 1 is 1.25 bits per heavy atom. The summed E-state index contributed by atoms with van der Waals surface area (Å²) in [4.78, 5) is 0. The van der Waals surface area contributed by atoms with Gasteiger partial charge in [-0.15, -0.1) is 11.6 Å². The van der Waals surface area contributed by atoms with Crippen LogP contribution in [0.4, 0.5) is 4.39 Å². The molecule has 3 rings (SSSR count). The fraction of sp³-hybridized carbons (Fsp3) is 0.571. The second-order valence-electron chi connectivity index (χ2n) is 5.15. The molecule has 2 heteroatoms. The summed E-state index contributed by atoms with van der Waals surface area (Å²) in [6, 6.07) is 6.99. The molecule has 1 aromatic rings. The summed E-state index contributed by atoms with van der Waals surface area (Å²) in [6.45, 7) is 0. The van der Waals surface area contributed by atoms with Gasteiger partial charge in [-0.2, -0.15) is 0 Å². The molecule has 2 aliphatic rings. The zero-order chi connectivity index (χ0) is 11.1. The number of benzene rings is 1. The molecule has 86 valence electrons. The minimum Gasteiger partial charge on any atom is -0.207 e. The van der Waals surface area contributed by atoms with E-state index in [2.05, 4.69) is 0 Å². The van der Waals surface area contributed by atoms with Crippen LogP contribution in [0.3, 0.4) is 0 Å². The zero-order valence-corrected chi connectivity index (χ0v) is 9.96. The lowest BCUT2D eigenvalue weighted by molar-refractivity contribution is 0.545. The predicted octanol–water partition coefficient (Wildman–Crippen LogP) is 4.02. The molecule has 2 aliphatic carbocycles. The first-order chi connectivity index (χ1) is 7.77. The maximum absolute atomic E-state index is 13.5. The van der Waals surface area contributed by atoms with Gasteiger partial charge >= 0.3 is 0 Å². The van der Waals surface area contributed by atoms with Crippen molar-refractivity contribution in [3.8, 4) is 0 Å². The fourth-order valence-corrected chi connectivity index (χ4v) is 3.96. The molecular formula is C14H16ClF. The van der Waals surface area contributed by atoms with Gasteiger partial charge in [-0.25, -0.2) is 4.39 Å². The summed E-state index contributed by atoms with van der Waals surface area (Å²) >= 11 is 6.42. The molecule has 2 saturated carbocycles. The third kappa shape index (κ3) is 1.75. The smallest absolute Gasteiger partial charge is 0.126 e. The van der Waals surface area contributed by atoms with Crippen molar-refractivity contribution in [1.29, 1.82) is 0 Å². The van der Waals surface area contributed by atoms with Crippen LogP contribution in [0, 0.1) is 23.6 Å². The number of fused-ring (bicyclic) bond motifs is 1. The maximum Gasteiger partial charge on any atom is 0.126 e. The molecule has 0 aliphatic heterocycles. The molecule has 3 unspecified atom stereocenters. The molecule has 0 aromatic heterocycles. The van der Waals surface area contributed by atoms with Crippen molar-refractivity contribution in [2.75, 3.05) is 0 Å². The molecule has 3 atom stereocenters. The van der Waals surface area contributed by atoms with E-state index in [0.29, 0.717) is 12.3 Å². The average molecular weight is 239 g/mol. The molecule has 0 amide bonds. The highest BCUT2D eigenvalue weighted by Crippen LogP contribution is 2.60. The average Bonchev–Trinajstić information content (AvgIpc) is 2.76. The standard InChI is InChI=1S/C14H16ClF/c15-12(14-10-5-3-6-11(10)14)8-9-4-1-2-7-13(9)16/h1-2,4,7,10-12,14H,3,5-6,8H2. The van der Waals surface area contributed by atoms with E-state index in [9.17, 15) is 4.39 Å². The normalized spacial score (nSPS) is 33.5. The maximum atomic E-state index is 13.5. The molecule has 0 nitrogen and oxygen atoms in total. The van der Waals surface area contributed by atoms with Gasteiger partial charge in [0.15, 0.2) is 0 Å². The molecule has 16 heavy (non-hydrogen) atoms. The molecular weight excluding hydrogens is 223 g/mol. The molecule has 0 N–H and O–H groups in total. The second-order valence-corrected chi connectivity index (χ2v) is 5.71. The van der Waals surface area contributed by atoms with Gasteiger partial charge in [-0.3, -0.25) is 0 Å². The predicted molar refractivity (Wildman–Crippen MR) is 64.1 cm³/mol. The Morgan fingerprint density at radius 2 is 1.94 bits per heavy atom. The molecule has 1 aromatic carbocycles. The summed E-state index contributed by atoms with van der Waals surface area (Å²) in [5, 5.41) is 0.132. The Labute approximate surface area is 101 Å². The van der Waals surface area contributed by atoms with Crippen molar-refractivity contribution >= 4 is 11.6 Å². The highest BCUT2D eigenvalue weighted by atomic mass is 35.5. The van der Waals surface area contributed by atoms with Crippen LogP contribution in [0.25, 0.3) is 0 Å². The van der Waals surface area contributed by atoms with Gasteiger partial charge in [0.25, 0.3) is 0 Å². The molecule has 0 heterocycles. The van der Waals surface area contributed by atoms with Crippen LogP contribution in [-0.4, -0.2) is 5.38 Å². The minimum absolute atomic E-state index is 0.112. The highest BCUT2D eigenvalue weighted by Gasteiger charge is 2.55. The summed E-state index contributed by atoms with van der Waals surface area (Å²) < 4.78 is 13.5. The molecule has 0 saturated heterocycles. The van der Waals surface area contributed by atoms with Crippen LogP contribution in [0.1, 0.15) is 24.8 Å². The summed E-state index contributed by atoms with van der Waals surface area (Å²) in [5.74, 6) is 2.26.